The Bertz CT molecular complexity index is 183. The highest BCUT2D eigenvalue weighted by molar-refractivity contribution is 8.09. The van der Waals surface area contributed by atoms with Crippen molar-refractivity contribution in [2.75, 3.05) is 6.61 Å². The summed E-state index contributed by atoms with van der Waals surface area (Å²) in [6.07, 6.45) is 6.01. The molecule has 4 heteroatoms. The van der Waals surface area contributed by atoms with E-state index in [0.717, 1.165) is 6.42 Å². The lowest BCUT2D eigenvalue weighted by atomic mass is 10.2. The number of rotatable bonds is 8. The molecular weight excluding hydrogens is 215 g/mol. The second-order valence-electron chi connectivity index (χ2n) is 3.91. The van der Waals surface area contributed by atoms with Crippen LogP contribution < -0.4 is 0 Å². The highest BCUT2D eigenvalue weighted by atomic mass is 32.5. The number of hydrogen-bond acceptors (Lipinski definition) is 2. The molecule has 0 bridgehead atoms. The zero-order chi connectivity index (χ0) is 11.0. The van der Waals surface area contributed by atoms with Crippen LogP contribution in [0.2, 0.25) is 0 Å². The van der Waals surface area contributed by atoms with Gasteiger partial charge in [-0.25, -0.2) is 0 Å². The third kappa shape index (κ3) is 6.94. The quantitative estimate of drug-likeness (QED) is 0.516. The van der Waals surface area contributed by atoms with Crippen molar-refractivity contribution in [3.8, 4) is 0 Å². The monoisotopic (exact) mass is 238 g/mol. The molecule has 1 N–H and O–H groups in total. The first-order valence-electron chi connectivity index (χ1n) is 5.47. The average molecular weight is 238 g/mol. The lowest BCUT2D eigenvalue weighted by molar-refractivity contribution is 0.292. The topological polar surface area (TPSA) is 29.5 Å². The molecule has 0 heterocycles. The van der Waals surface area contributed by atoms with Crippen molar-refractivity contribution in [3.05, 3.63) is 0 Å². The van der Waals surface area contributed by atoms with E-state index < -0.39 is 6.49 Å². The predicted molar refractivity (Wildman–Crippen MR) is 66.4 cm³/mol. The molecule has 0 radical (unpaired) electrons. The van der Waals surface area contributed by atoms with Gasteiger partial charge in [0.25, 0.3) is 0 Å². The maximum absolute atomic E-state index is 9.70. The van der Waals surface area contributed by atoms with E-state index in [-0.39, 0.29) is 5.66 Å². The Morgan fingerprint density at radius 3 is 2.29 bits per heavy atom. The van der Waals surface area contributed by atoms with E-state index in [1.165, 1.54) is 25.7 Å². The first-order valence-corrected chi connectivity index (χ1v) is 8.22. The van der Waals surface area contributed by atoms with Crippen molar-refractivity contribution in [2.24, 2.45) is 0 Å². The summed E-state index contributed by atoms with van der Waals surface area (Å²) < 4.78 is 5.35. The van der Waals surface area contributed by atoms with Gasteiger partial charge in [-0.3, -0.25) is 0 Å². The summed E-state index contributed by atoms with van der Waals surface area (Å²) in [7, 11) is 0. The lowest BCUT2D eigenvalue weighted by Crippen LogP contribution is -2.02. The molecule has 0 saturated heterocycles. The molecular formula is C10H23O2PS. The van der Waals surface area contributed by atoms with Crippen molar-refractivity contribution in [3.63, 3.8) is 0 Å². The Balaban J connectivity index is 3.40. The molecule has 0 aliphatic heterocycles. The minimum absolute atomic E-state index is 0.0770. The smallest absolute Gasteiger partial charge is 0.188 e. The van der Waals surface area contributed by atoms with Crippen molar-refractivity contribution in [2.45, 2.75) is 58.5 Å². The summed E-state index contributed by atoms with van der Waals surface area (Å²) in [5.74, 6) is 0. The fourth-order valence-electron chi connectivity index (χ4n) is 1.05. The Hall–Kier alpha value is 0.570. The zero-order valence-corrected chi connectivity index (χ0v) is 11.2. The molecule has 1 unspecified atom stereocenters. The molecule has 14 heavy (non-hydrogen) atoms. The average Bonchev–Trinajstić information content (AvgIpc) is 2.10. The summed E-state index contributed by atoms with van der Waals surface area (Å²) in [6.45, 7) is 4.16. The third-order valence-corrected chi connectivity index (χ3v) is 5.62. The van der Waals surface area contributed by atoms with Gasteiger partial charge in [0.05, 0.1) is 6.61 Å². The molecule has 0 rings (SSSR count). The highest BCUT2D eigenvalue weighted by Crippen LogP contribution is 2.47. The van der Waals surface area contributed by atoms with Gasteiger partial charge in [0, 0.05) is 5.66 Å². The summed E-state index contributed by atoms with van der Waals surface area (Å²) in [5, 5.41) is 0. The number of unbranched alkanes of at least 4 members (excludes halogenated alkanes) is 4. The second-order valence-corrected chi connectivity index (χ2v) is 7.89. The van der Waals surface area contributed by atoms with Gasteiger partial charge in [0.1, 0.15) is 0 Å². The summed E-state index contributed by atoms with van der Waals surface area (Å²) in [4.78, 5) is 9.70. The molecule has 0 amide bonds. The van der Waals surface area contributed by atoms with Crippen molar-refractivity contribution in [1.82, 2.24) is 0 Å². The van der Waals surface area contributed by atoms with Crippen LogP contribution in [0.15, 0.2) is 0 Å². The minimum atomic E-state index is -2.49. The van der Waals surface area contributed by atoms with E-state index in [1.807, 2.05) is 13.8 Å². The Labute approximate surface area is 93.2 Å². The van der Waals surface area contributed by atoms with Gasteiger partial charge in [0.2, 0.25) is 0 Å². The SMILES string of the molecule is CCCCCCCOP(O)(=S)C(C)C. The van der Waals surface area contributed by atoms with Crippen LogP contribution in [0.25, 0.3) is 0 Å². The van der Waals surface area contributed by atoms with Gasteiger partial charge < -0.3 is 9.42 Å². The van der Waals surface area contributed by atoms with Gasteiger partial charge in [-0.15, -0.1) is 0 Å². The van der Waals surface area contributed by atoms with Crippen molar-refractivity contribution < 1.29 is 9.42 Å². The highest BCUT2D eigenvalue weighted by Gasteiger charge is 2.17. The summed E-state index contributed by atoms with van der Waals surface area (Å²) >= 11 is 5.01. The van der Waals surface area contributed by atoms with Crippen LogP contribution in [0.5, 0.6) is 0 Å². The first kappa shape index (κ1) is 14.6. The molecule has 86 valence electrons. The van der Waals surface area contributed by atoms with Gasteiger partial charge >= 0.3 is 0 Å². The fourth-order valence-corrected chi connectivity index (χ4v) is 1.96. The van der Waals surface area contributed by atoms with Crippen molar-refractivity contribution in [1.29, 1.82) is 0 Å². The zero-order valence-electron chi connectivity index (χ0n) is 9.53. The maximum Gasteiger partial charge on any atom is 0.188 e. The van der Waals surface area contributed by atoms with E-state index in [2.05, 4.69) is 6.92 Å². The van der Waals surface area contributed by atoms with Crippen LogP contribution in [0.4, 0.5) is 0 Å². The second kappa shape index (κ2) is 7.81. The van der Waals surface area contributed by atoms with Crippen LogP contribution in [0.1, 0.15) is 52.9 Å². The summed E-state index contributed by atoms with van der Waals surface area (Å²) in [6, 6.07) is 0. The lowest BCUT2D eigenvalue weighted by Gasteiger charge is -2.19. The van der Waals surface area contributed by atoms with Gasteiger partial charge in [-0.1, -0.05) is 46.5 Å². The standard InChI is InChI=1S/C10H23O2PS/c1-4-5-6-7-8-9-12-13(11,14)10(2)3/h10H,4-9H2,1-3H3,(H,11,14). The first-order chi connectivity index (χ1) is 6.50. The molecule has 0 aromatic rings. The van der Waals surface area contributed by atoms with E-state index >= 15 is 0 Å². The van der Waals surface area contributed by atoms with E-state index in [0.29, 0.717) is 6.61 Å². The van der Waals surface area contributed by atoms with Crippen LogP contribution in [0, 0.1) is 0 Å². The van der Waals surface area contributed by atoms with Crippen LogP contribution >= 0.6 is 6.49 Å². The van der Waals surface area contributed by atoms with Crippen LogP contribution in [0.3, 0.4) is 0 Å². The predicted octanol–water partition coefficient (Wildman–Crippen LogP) is 3.68. The normalized spacial score (nSPS) is 15.8. The van der Waals surface area contributed by atoms with Crippen LogP contribution in [-0.4, -0.2) is 17.2 Å². The van der Waals surface area contributed by atoms with E-state index in [9.17, 15) is 4.89 Å². The molecule has 0 fully saturated rings. The molecule has 0 aromatic carbocycles. The van der Waals surface area contributed by atoms with E-state index in [1.54, 1.807) is 0 Å². The fraction of sp³-hybridized carbons (Fsp3) is 1.00. The van der Waals surface area contributed by atoms with Gasteiger partial charge in [0.15, 0.2) is 6.49 Å². The Kier molecular flexibility index (Phi) is 8.13. The Morgan fingerprint density at radius 2 is 1.79 bits per heavy atom. The molecule has 0 aliphatic carbocycles. The molecule has 0 aliphatic rings. The van der Waals surface area contributed by atoms with E-state index in [4.69, 9.17) is 16.3 Å². The van der Waals surface area contributed by atoms with Gasteiger partial charge in [-0.2, -0.15) is 0 Å². The largest absolute Gasteiger partial charge is 0.345 e. The van der Waals surface area contributed by atoms with Crippen molar-refractivity contribution >= 4 is 18.3 Å². The third-order valence-electron chi connectivity index (χ3n) is 2.18. The maximum atomic E-state index is 9.70. The molecule has 0 aromatic heterocycles. The molecule has 2 nitrogen and oxygen atoms in total. The van der Waals surface area contributed by atoms with Gasteiger partial charge in [-0.05, 0) is 18.2 Å². The molecule has 1 atom stereocenters. The minimum Gasteiger partial charge on any atom is -0.345 e. The summed E-state index contributed by atoms with van der Waals surface area (Å²) in [5.41, 5.74) is 0.0770. The Morgan fingerprint density at radius 1 is 1.21 bits per heavy atom. The van der Waals surface area contributed by atoms with Crippen LogP contribution in [-0.2, 0) is 16.3 Å². The molecule has 0 saturated carbocycles. The molecule has 0 spiro atoms. The number of hydrogen-bond donors (Lipinski definition) is 1.